The molecule has 4 rings (SSSR count). The van der Waals surface area contributed by atoms with E-state index in [9.17, 15) is 9.59 Å². The van der Waals surface area contributed by atoms with Gasteiger partial charge < -0.3 is 9.88 Å². The molecular formula is C19H22N4O2. The second-order valence-electron chi connectivity index (χ2n) is 6.89. The molecule has 0 saturated heterocycles. The van der Waals surface area contributed by atoms with Crippen molar-refractivity contribution >= 4 is 22.5 Å². The average molecular weight is 338 g/mol. The first kappa shape index (κ1) is 15.9. The lowest BCUT2D eigenvalue weighted by molar-refractivity contribution is 0.0938. The number of hydrogen-bond donors (Lipinski definition) is 1. The van der Waals surface area contributed by atoms with Gasteiger partial charge >= 0.3 is 0 Å². The van der Waals surface area contributed by atoms with Gasteiger partial charge in [0.25, 0.3) is 11.5 Å². The fraction of sp³-hybridized carbons (Fsp3) is 0.421. The Hall–Kier alpha value is -2.63. The molecule has 1 aliphatic carbocycles. The first-order valence-corrected chi connectivity index (χ1v) is 8.91. The van der Waals surface area contributed by atoms with Crippen LogP contribution in [-0.4, -0.2) is 26.6 Å². The van der Waals surface area contributed by atoms with E-state index in [2.05, 4.69) is 10.4 Å². The Morgan fingerprint density at radius 3 is 2.64 bits per heavy atom. The van der Waals surface area contributed by atoms with Crippen LogP contribution < -0.4 is 10.9 Å². The van der Waals surface area contributed by atoms with Crippen LogP contribution in [0.3, 0.4) is 0 Å². The SMILES string of the molecule is Cn1c(=O)c2cc(C(=O)NCC3CCCCC3)nn2c2ccccc21. The Morgan fingerprint density at radius 2 is 1.88 bits per heavy atom. The molecule has 0 unspecified atom stereocenters. The summed E-state index contributed by atoms with van der Waals surface area (Å²) in [6.45, 7) is 0.686. The molecule has 130 valence electrons. The number of hydrogen-bond acceptors (Lipinski definition) is 3. The van der Waals surface area contributed by atoms with Gasteiger partial charge in [-0.2, -0.15) is 5.10 Å². The number of amides is 1. The topological polar surface area (TPSA) is 68.4 Å². The summed E-state index contributed by atoms with van der Waals surface area (Å²) in [5.74, 6) is 0.351. The molecule has 1 fully saturated rings. The van der Waals surface area contributed by atoms with Gasteiger partial charge in [0, 0.05) is 19.7 Å². The molecule has 6 nitrogen and oxygen atoms in total. The van der Waals surface area contributed by atoms with Gasteiger partial charge in [0.2, 0.25) is 0 Å². The molecule has 1 N–H and O–H groups in total. The molecule has 0 radical (unpaired) electrons. The van der Waals surface area contributed by atoms with E-state index in [4.69, 9.17) is 0 Å². The number of benzene rings is 1. The van der Waals surface area contributed by atoms with E-state index in [-0.39, 0.29) is 11.5 Å². The molecule has 1 aliphatic rings. The fourth-order valence-electron chi connectivity index (χ4n) is 3.76. The second-order valence-corrected chi connectivity index (χ2v) is 6.89. The highest BCUT2D eigenvalue weighted by atomic mass is 16.2. The van der Waals surface area contributed by atoms with Crippen molar-refractivity contribution in [1.82, 2.24) is 19.5 Å². The van der Waals surface area contributed by atoms with E-state index in [0.29, 0.717) is 23.7 Å². The van der Waals surface area contributed by atoms with Crippen molar-refractivity contribution in [2.45, 2.75) is 32.1 Å². The van der Waals surface area contributed by atoms with E-state index in [0.717, 1.165) is 11.0 Å². The minimum Gasteiger partial charge on any atom is -0.350 e. The monoisotopic (exact) mass is 338 g/mol. The third-order valence-corrected chi connectivity index (χ3v) is 5.21. The Kier molecular flexibility index (Phi) is 4.03. The van der Waals surface area contributed by atoms with Crippen molar-refractivity contribution in [1.29, 1.82) is 0 Å². The van der Waals surface area contributed by atoms with Gasteiger partial charge in [0.1, 0.15) is 5.52 Å². The third-order valence-electron chi connectivity index (χ3n) is 5.21. The van der Waals surface area contributed by atoms with E-state index in [1.54, 1.807) is 22.2 Å². The van der Waals surface area contributed by atoms with Crippen molar-refractivity contribution in [2.75, 3.05) is 6.54 Å². The predicted octanol–water partition coefficient (Wildman–Crippen LogP) is 2.50. The molecule has 2 heterocycles. The van der Waals surface area contributed by atoms with Crippen LogP contribution in [0, 0.1) is 5.92 Å². The maximum absolute atomic E-state index is 12.6. The first-order valence-electron chi connectivity index (χ1n) is 8.91. The van der Waals surface area contributed by atoms with Gasteiger partial charge in [0.15, 0.2) is 5.69 Å². The zero-order valence-electron chi connectivity index (χ0n) is 14.4. The van der Waals surface area contributed by atoms with E-state index < -0.39 is 0 Å². The Morgan fingerprint density at radius 1 is 1.16 bits per heavy atom. The number of para-hydroxylation sites is 2. The molecule has 0 spiro atoms. The lowest BCUT2D eigenvalue weighted by Gasteiger charge is -2.21. The summed E-state index contributed by atoms with van der Waals surface area (Å²) in [5.41, 5.74) is 2.16. The quantitative estimate of drug-likeness (QED) is 0.798. The fourth-order valence-corrected chi connectivity index (χ4v) is 3.76. The highest BCUT2D eigenvalue weighted by Gasteiger charge is 2.18. The number of aryl methyl sites for hydroxylation is 1. The summed E-state index contributed by atoms with van der Waals surface area (Å²) < 4.78 is 3.17. The number of rotatable bonds is 3. The Labute approximate surface area is 145 Å². The van der Waals surface area contributed by atoms with E-state index in [1.807, 2.05) is 24.3 Å². The summed E-state index contributed by atoms with van der Waals surface area (Å²) in [5, 5.41) is 7.39. The standard InChI is InChI=1S/C19H22N4O2/c1-22-15-9-5-6-10-16(15)23-17(19(22)25)11-14(21-23)18(24)20-12-13-7-3-2-4-8-13/h5-6,9-11,13H,2-4,7-8,12H2,1H3,(H,20,24). The second kappa shape index (κ2) is 6.35. The van der Waals surface area contributed by atoms with Crippen LogP contribution in [0.2, 0.25) is 0 Å². The van der Waals surface area contributed by atoms with Gasteiger partial charge in [-0.15, -0.1) is 0 Å². The number of aromatic nitrogens is 3. The summed E-state index contributed by atoms with van der Waals surface area (Å²) >= 11 is 0. The minimum atomic E-state index is -0.208. The van der Waals surface area contributed by atoms with Crippen molar-refractivity contribution in [2.24, 2.45) is 13.0 Å². The van der Waals surface area contributed by atoms with Gasteiger partial charge in [-0.05, 0) is 30.9 Å². The Balaban J connectivity index is 1.66. The molecular weight excluding hydrogens is 316 g/mol. The molecule has 1 saturated carbocycles. The molecule has 6 heteroatoms. The summed E-state index contributed by atoms with van der Waals surface area (Å²) in [6.07, 6.45) is 6.15. The van der Waals surface area contributed by atoms with E-state index in [1.165, 1.54) is 32.1 Å². The van der Waals surface area contributed by atoms with Crippen LogP contribution in [0.1, 0.15) is 42.6 Å². The zero-order valence-corrected chi connectivity index (χ0v) is 14.4. The van der Waals surface area contributed by atoms with Crippen molar-refractivity contribution in [3.63, 3.8) is 0 Å². The summed E-state index contributed by atoms with van der Waals surface area (Å²) in [4.78, 5) is 25.0. The van der Waals surface area contributed by atoms with Gasteiger partial charge in [-0.25, -0.2) is 4.52 Å². The van der Waals surface area contributed by atoms with Gasteiger partial charge in [-0.1, -0.05) is 31.4 Å². The molecule has 0 atom stereocenters. The van der Waals surface area contributed by atoms with Crippen LogP contribution in [-0.2, 0) is 7.05 Å². The highest BCUT2D eigenvalue weighted by Crippen LogP contribution is 2.22. The maximum Gasteiger partial charge on any atom is 0.276 e. The number of carbonyl (C=O) groups excluding carboxylic acids is 1. The first-order chi connectivity index (χ1) is 12.1. The van der Waals surface area contributed by atoms with Crippen LogP contribution in [0.25, 0.3) is 16.6 Å². The third kappa shape index (κ3) is 2.81. The normalized spacial score (nSPS) is 15.7. The molecule has 2 aromatic heterocycles. The summed E-state index contributed by atoms with van der Waals surface area (Å²) in [6, 6.07) is 9.15. The van der Waals surface area contributed by atoms with Crippen LogP contribution in [0.15, 0.2) is 35.1 Å². The largest absolute Gasteiger partial charge is 0.350 e. The van der Waals surface area contributed by atoms with Crippen molar-refractivity contribution < 1.29 is 4.79 Å². The Bertz CT molecular complexity index is 996. The smallest absolute Gasteiger partial charge is 0.276 e. The zero-order chi connectivity index (χ0) is 17.4. The van der Waals surface area contributed by atoms with E-state index >= 15 is 0 Å². The molecule has 0 aliphatic heterocycles. The van der Waals surface area contributed by atoms with Crippen LogP contribution in [0.4, 0.5) is 0 Å². The molecule has 3 aromatic rings. The van der Waals surface area contributed by atoms with Gasteiger partial charge in [-0.3, -0.25) is 9.59 Å². The van der Waals surface area contributed by atoms with Crippen molar-refractivity contribution in [3.8, 4) is 0 Å². The lowest BCUT2D eigenvalue weighted by Crippen LogP contribution is -2.30. The molecule has 0 bridgehead atoms. The van der Waals surface area contributed by atoms with Crippen molar-refractivity contribution in [3.05, 3.63) is 46.4 Å². The molecule has 25 heavy (non-hydrogen) atoms. The minimum absolute atomic E-state index is 0.155. The highest BCUT2D eigenvalue weighted by molar-refractivity contribution is 5.94. The lowest BCUT2D eigenvalue weighted by atomic mass is 9.89. The number of fused-ring (bicyclic) bond motifs is 3. The average Bonchev–Trinajstić information content (AvgIpc) is 3.11. The predicted molar refractivity (Wildman–Crippen MR) is 96.8 cm³/mol. The number of carbonyl (C=O) groups is 1. The molecule has 1 aromatic carbocycles. The van der Waals surface area contributed by atoms with Gasteiger partial charge in [0.05, 0.1) is 11.0 Å². The molecule has 1 amide bonds. The number of nitrogens with zero attached hydrogens (tertiary/aromatic N) is 3. The summed E-state index contributed by atoms with van der Waals surface area (Å²) in [7, 11) is 1.74. The van der Waals surface area contributed by atoms with Crippen LogP contribution in [0.5, 0.6) is 0 Å². The number of nitrogens with one attached hydrogen (secondary N) is 1. The maximum atomic E-state index is 12.6. The van der Waals surface area contributed by atoms with Crippen LogP contribution >= 0.6 is 0 Å².